The maximum atomic E-state index is 12.0. The average Bonchev–Trinajstić information content (AvgIpc) is 3.10. The molecule has 5 nitrogen and oxygen atoms in total. The van der Waals surface area contributed by atoms with Gasteiger partial charge in [0.25, 0.3) is 0 Å². The molecule has 0 atom stereocenters. The topological polar surface area (TPSA) is 50.8 Å². The van der Waals surface area contributed by atoms with Crippen LogP contribution in [0.3, 0.4) is 0 Å². The van der Waals surface area contributed by atoms with Crippen molar-refractivity contribution in [2.24, 2.45) is 0 Å². The third-order valence-corrected chi connectivity index (χ3v) is 10.6. The van der Waals surface area contributed by atoms with Crippen LogP contribution < -0.4 is 5.32 Å². The minimum Gasteiger partial charge on any atom is -0.495 e. The van der Waals surface area contributed by atoms with E-state index in [4.69, 9.17) is 9.47 Å². The summed E-state index contributed by atoms with van der Waals surface area (Å²) in [6, 6.07) is 0. The lowest BCUT2D eigenvalue weighted by molar-refractivity contribution is -0.143. The molecular weight excluding hydrogens is 604 g/mol. The fourth-order valence-electron chi connectivity index (χ4n) is 7.35. The minimum absolute atomic E-state index is 0.00441. The van der Waals surface area contributed by atoms with Crippen molar-refractivity contribution in [2.75, 3.05) is 39.8 Å². The van der Waals surface area contributed by atoms with Gasteiger partial charge in [0, 0.05) is 12.8 Å². The second-order valence-electron chi connectivity index (χ2n) is 15.4. The Morgan fingerprint density at radius 1 is 0.592 bits per heavy atom. The maximum absolute atomic E-state index is 12.0. The highest BCUT2D eigenvalue weighted by Gasteiger charge is 2.12. The summed E-state index contributed by atoms with van der Waals surface area (Å²) in [6.07, 6.45) is 42.2. The number of carbonyl (C=O) groups is 1. The van der Waals surface area contributed by atoms with E-state index in [-0.39, 0.29) is 5.97 Å². The highest BCUT2D eigenvalue weighted by Crippen LogP contribution is 2.22. The molecule has 0 heterocycles. The first-order chi connectivity index (χ1) is 24.2. The summed E-state index contributed by atoms with van der Waals surface area (Å²) in [5, 5.41) is 3.31. The van der Waals surface area contributed by atoms with Crippen molar-refractivity contribution in [2.45, 2.75) is 225 Å². The predicted molar refractivity (Wildman–Crippen MR) is 213 cm³/mol. The second kappa shape index (κ2) is 36.7. The molecule has 5 heteroatoms. The SMILES string of the molecule is C=C(CCCCCCCN(CCCCCCCC(=O)OCCCCCCCC)CCCNC)OC1CCCCCCCCCCCCCC1. The van der Waals surface area contributed by atoms with E-state index in [1.807, 2.05) is 0 Å². The summed E-state index contributed by atoms with van der Waals surface area (Å²) in [7, 11) is 2.06. The fraction of sp³-hybridized carbons (Fsp3) is 0.932. The molecule has 0 aromatic carbocycles. The molecule has 1 N–H and O–H groups in total. The Kier molecular flexibility index (Phi) is 34.4. The quantitative estimate of drug-likeness (QED) is 0.0481. The number of nitrogens with one attached hydrogen (secondary N) is 1. The lowest BCUT2D eigenvalue weighted by atomic mass is 10.0. The van der Waals surface area contributed by atoms with Crippen LogP contribution in [0.15, 0.2) is 12.3 Å². The van der Waals surface area contributed by atoms with Crippen LogP contribution in [0.4, 0.5) is 0 Å². The van der Waals surface area contributed by atoms with Crippen molar-refractivity contribution in [1.82, 2.24) is 10.2 Å². The Hall–Kier alpha value is -1.07. The molecule has 0 unspecified atom stereocenters. The predicted octanol–water partition coefficient (Wildman–Crippen LogP) is 12.9. The number of rotatable bonds is 29. The lowest BCUT2D eigenvalue weighted by Crippen LogP contribution is -2.29. The molecule has 0 aromatic heterocycles. The van der Waals surface area contributed by atoms with Crippen LogP contribution in [0.2, 0.25) is 0 Å². The Balaban J connectivity index is 2.12. The number of allylic oxidation sites excluding steroid dienone is 1. The number of esters is 1. The van der Waals surface area contributed by atoms with Gasteiger partial charge in [-0.2, -0.15) is 0 Å². The van der Waals surface area contributed by atoms with Crippen molar-refractivity contribution in [3.63, 3.8) is 0 Å². The van der Waals surface area contributed by atoms with E-state index < -0.39 is 0 Å². The number of unbranched alkanes of at least 4 members (excludes halogenated alkanes) is 13. The molecule has 0 aliphatic heterocycles. The third kappa shape index (κ3) is 32.6. The van der Waals surface area contributed by atoms with Crippen LogP contribution in [-0.4, -0.2) is 56.8 Å². The first kappa shape index (κ1) is 46.0. The van der Waals surface area contributed by atoms with Gasteiger partial charge in [-0.1, -0.05) is 148 Å². The molecule has 1 saturated carbocycles. The summed E-state index contributed by atoms with van der Waals surface area (Å²) in [5.41, 5.74) is 0. The zero-order valence-corrected chi connectivity index (χ0v) is 33.3. The Labute approximate surface area is 306 Å². The number of hydrogen-bond donors (Lipinski definition) is 1. The van der Waals surface area contributed by atoms with Crippen LogP contribution >= 0.6 is 0 Å². The molecule has 0 saturated heterocycles. The van der Waals surface area contributed by atoms with Crippen LogP contribution in [0.25, 0.3) is 0 Å². The summed E-state index contributed by atoms with van der Waals surface area (Å²) in [5.74, 6) is 1.05. The van der Waals surface area contributed by atoms with E-state index in [1.165, 1.54) is 199 Å². The Morgan fingerprint density at radius 2 is 1.04 bits per heavy atom. The van der Waals surface area contributed by atoms with Gasteiger partial charge in [-0.3, -0.25) is 4.79 Å². The first-order valence-electron chi connectivity index (χ1n) is 22.0. The summed E-state index contributed by atoms with van der Waals surface area (Å²) < 4.78 is 11.9. The standard InChI is InChI=1S/C44H86N2O3/c1-4-5-6-7-24-31-41-48-44(47)36-28-21-17-23-30-39-46(40-32-37-45-3)38-29-22-16-18-25-33-42(2)49-43-34-26-19-14-12-10-8-9-11-13-15-20-27-35-43/h43,45H,2,4-41H2,1,3H3. The van der Waals surface area contributed by atoms with Gasteiger partial charge in [0.05, 0.1) is 18.5 Å². The van der Waals surface area contributed by atoms with E-state index in [2.05, 4.69) is 30.8 Å². The molecule has 290 valence electrons. The number of nitrogens with zero attached hydrogens (tertiary/aromatic N) is 1. The molecule has 0 radical (unpaired) electrons. The molecule has 0 amide bonds. The maximum Gasteiger partial charge on any atom is 0.305 e. The monoisotopic (exact) mass is 691 g/mol. The van der Waals surface area contributed by atoms with E-state index in [9.17, 15) is 4.79 Å². The van der Waals surface area contributed by atoms with Crippen LogP contribution in [0, 0.1) is 0 Å². The largest absolute Gasteiger partial charge is 0.495 e. The zero-order valence-electron chi connectivity index (χ0n) is 33.3. The summed E-state index contributed by atoms with van der Waals surface area (Å²) in [4.78, 5) is 14.7. The van der Waals surface area contributed by atoms with Crippen LogP contribution in [0.5, 0.6) is 0 Å². The molecule has 1 aliphatic rings. The van der Waals surface area contributed by atoms with E-state index >= 15 is 0 Å². The molecule has 1 fully saturated rings. The molecule has 0 aromatic rings. The Morgan fingerprint density at radius 3 is 1.59 bits per heavy atom. The van der Waals surface area contributed by atoms with Gasteiger partial charge >= 0.3 is 5.97 Å². The molecular formula is C44H86N2O3. The second-order valence-corrected chi connectivity index (χ2v) is 15.4. The zero-order chi connectivity index (χ0) is 35.3. The Bertz CT molecular complexity index is 698. The molecule has 0 spiro atoms. The van der Waals surface area contributed by atoms with Crippen LogP contribution in [-0.2, 0) is 14.3 Å². The third-order valence-electron chi connectivity index (χ3n) is 10.6. The highest BCUT2D eigenvalue weighted by atomic mass is 16.5. The number of carbonyl (C=O) groups excluding carboxylic acids is 1. The van der Waals surface area contributed by atoms with Gasteiger partial charge in [-0.25, -0.2) is 0 Å². The molecule has 1 rings (SSSR count). The van der Waals surface area contributed by atoms with Crippen molar-refractivity contribution < 1.29 is 14.3 Å². The van der Waals surface area contributed by atoms with Crippen molar-refractivity contribution in [3.8, 4) is 0 Å². The average molecular weight is 691 g/mol. The van der Waals surface area contributed by atoms with Gasteiger partial charge in [-0.15, -0.1) is 0 Å². The van der Waals surface area contributed by atoms with Crippen molar-refractivity contribution in [1.29, 1.82) is 0 Å². The van der Waals surface area contributed by atoms with Gasteiger partial charge in [-0.05, 0) is 97.4 Å². The lowest BCUT2D eigenvalue weighted by Gasteiger charge is -2.22. The smallest absolute Gasteiger partial charge is 0.305 e. The minimum atomic E-state index is 0.00441. The molecule has 49 heavy (non-hydrogen) atoms. The van der Waals surface area contributed by atoms with Crippen molar-refractivity contribution >= 4 is 5.97 Å². The number of ether oxygens (including phenoxy) is 2. The first-order valence-corrected chi connectivity index (χ1v) is 22.0. The van der Waals surface area contributed by atoms with Crippen molar-refractivity contribution in [3.05, 3.63) is 12.3 Å². The van der Waals surface area contributed by atoms with Gasteiger partial charge in [0.2, 0.25) is 0 Å². The van der Waals surface area contributed by atoms with E-state index in [0.717, 1.165) is 38.0 Å². The normalized spacial score (nSPS) is 15.9. The highest BCUT2D eigenvalue weighted by molar-refractivity contribution is 5.69. The van der Waals surface area contributed by atoms with E-state index in [1.54, 1.807) is 0 Å². The van der Waals surface area contributed by atoms with Gasteiger partial charge in [0.15, 0.2) is 0 Å². The summed E-state index contributed by atoms with van der Waals surface area (Å²) in [6.45, 7) is 11.9. The van der Waals surface area contributed by atoms with Crippen LogP contribution in [0.1, 0.15) is 219 Å². The fourth-order valence-corrected chi connectivity index (χ4v) is 7.35. The van der Waals surface area contributed by atoms with Gasteiger partial charge < -0.3 is 19.7 Å². The summed E-state index contributed by atoms with van der Waals surface area (Å²) >= 11 is 0. The van der Waals surface area contributed by atoms with E-state index in [0.29, 0.717) is 19.1 Å². The molecule has 0 bridgehead atoms. The number of hydrogen-bond acceptors (Lipinski definition) is 5. The van der Waals surface area contributed by atoms with Gasteiger partial charge in [0.1, 0.15) is 0 Å². The molecule has 1 aliphatic carbocycles.